The van der Waals surface area contributed by atoms with E-state index < -0.39 is 6.43 Å². The van der Waals surface area contributed by atoms with Crippen molar-refractivity contribution in [3.05, 3.63) is 58.6 Å². The maximum Gasteiger partial charge on any atom is 0.281 e. The summed E-state index contributed by atoms with van der Waals surface area (Å²) in [4.78, 5) is 16.0. The summed E-state index contributed by atoms with van der Waals surface area (Å²) < 4.78 is 27.5. The first-order valence-corrected chi connectivity index (χ1v) is 7.22. The smallest absolute Gasteiger partial charge is 0.281 e. The van der Waals surface area contributed by atoms with Gasteiger partial charge in [-0.1, -0.05) is 23.2 Å². The Hall–Kier alpha value is -2.12. The molecule has 3 heterocycles. The predicted molar refractivity (Wildman–Crippen MR) is 81.6 cm³/mol. The number of aromatic nitrogens is 5. The lowest BCUT2D eigenvalue weighted by molar-refractivity contribution is 0.146. The van der Waals surface area contributed by atoms with E-state index in [0.717, 1.165) is 0 Å². The summed E-state index contributed by atoms with van der Waals surface area (Å²) in [6, 6.07) is 3.23. The maximum absolute atomic E-state index is 13.0. The molecule has 0 radical (unpaired) electrons. The van der Waals surface area contributed by atoms with Crippen LogP contribution in [0.5, 0.6) is 0 Å². The summed E-state index contributed by atoms with van der Waals surface area (Å²) in [5, 5.41) is 0.705. The van der Waals surface area contributed by atoms with Crippen molar-refractivity contribution in [1.82, 2.24) is 24.5 Å². The second-order valence-electron chi connectivity index (χ2n) is 4.61. The summed E-state index contributed by atoms with van der Waals surface area (Å²) in [6.07, 6.45) is 2.95. The van der Waals surface area contributed by atoms with Gasteiger partial charge in [0, 0.05) is 30.4 Å². The molecule has 23 heavy (non-hydrogen) atoms. The second-order valence-corrected chi connectivity index (χ2v) is 5.43. The Labute approximate surface area is 140 Å². The molecule has 9 heteroatoms. The lowest BCUT2D eigenvalue weighted by Gasteiger charge is -2.06. The van der Waals surface area contributed by atoms with Crippen LogP contribution in [0.15, 0.2) is 36.9 Å². The van der Waals surface area contributed by atoms with Gasteiger partial charge >= 0.3 is 0 Å². The van der Waals surface area contributed by atoms with Crippen molar-refractivity contribution in [2.24, 2.45) is 0 Å². The fraction of sp³-hybridized carbons (Fsp3) is 0.143. The van der Waals surface area contributed by atoms with Gasteiger partial charge in [0.1, 0.15) is 22.5 Å². The van der Waals surface area contributed by atoms with E-state index >= 15 is 0 Å². The van der Waals surface area contributed by atoms with Gasteiger partial charge in [0.25, 0.3) is 6.43 Å². The molecule has 3 rings (SSSR count). The normalized spacial score (nSPS) is 11.2. The second kappa shape index (κ2) is 6.55. The molecule has 0 atom stereocenters. The third kappa shape index (κ3) is 3.62. The van der Waals surface area contributed by atoms with Crippen LogP contribution in [-0.4, -0.2) is 24.5 Å². The molecule has 0 N–H and O–H groups in total. The Morgan fingerprint density at radius 1 is 1.04 bits per heavy atom. The SMILES string of the molecule is FC(F)c1cn(Cc2ncc(Cl)cn2)c(-c2ccc(Cl)nc2)n1. The van der Waals surface area contributed by atoms with Gasteiger partial charge in [0.05, 0.1) is 11.6 Å². The molecular weight excluding hydrogens is 347 g/mol. The van der Waals surface area contributed by atoms with Crippen molar-refractivity contribution >= 4 is 23.2 Å². The molecule has 0 unspecified atom stereocenters. The molecule has 0 aliphatic rings. The van der Waals surface area contributed by atoms with Gasteiger partial charge in [-0.15, -0.1) is 0 Å². The molecular formula is C14H9Cl2F2N5. The van der Waals surface area contributed by atoms with Crippen LogP contribution >= 0.6 is 23.2 Å². The summed E-state index contributed by atoms with van der Waals surface area (Å²) in [7, 11) is 0. The highest BCUT2D eigenvalue weighted by Gasteiger charge is 2.17. The van der Waals surface area contributed by atoms with Gasteiger partial charge in [-0.2, -0.15) is 0 Å². The highest BCUT2D eigenvalue weighted by Crippen LogP contribution is 2.25. The van der Waals surface area contributed by atoms with E-state index in [0.29, 0.717) is 27.4 Å². The van der Waals surface area contributed by atoms with Crippen molar-refractivity contribution in [1.29, 1.82) is 0 Å². The first-order valence-electron chi connectivity index (χ1n) is 6.46. The minimum absolute atomic E-state index is 0.175. The predicted octanol–water partition coefficient (Wildman–Crippen LogP) is 4.03. The van der Waals surface area contributed by atoms with Crippen molar-refractivity contribution in [3.63, 3.8) is 0 Å². The van der Waals surface area contributed by atoms with Crippen molar-refractivity contribution in [2.75, 3.05) is 0 Å². The molecule has 118 valence electrons. The molecule has 0 saturated heterocycles. The third-order valence-electron chi connectivity index (χ3n) is 2.99. The zero-order valence-corrected chi connectivity index (χ0v) is 13.0. The van der Waals surface area contributed by atoms with Gasteiger partial charge in [-0.3, -0.25) is 0 Å². The van der Waals surface area contributed by atoms with Gasteiger partial charge in [-0.05, 0) is 12.1 Å². The number of imidazole rings is 1. The van der Waals surface area contributed by atoms with Crippen LogP contribution < -0.4 is 0 Å². The molecule has 0 aromatic carbocycles. The van der Waals surface area contributed by atoms with E-state index in [-0.39, 0.29) is 12.2 Å². The standard InChI is InChI=1S/C14H9Cl2F2N5/c15-9-4-20-12(21-5-9)7-23-6-10(13(17)18)22-14(23)8-1-2-11(16)19-3-8/h1-6,13H,7H2. The molecule has 3 aromatic rings. The fourth-order valence-electron chi connectivity index (χ4n) is 1.97. The van der Waals surface area contributed by atoms with E-state index in [1.807, 2.05) is 0 Å². The number of hydrogen-bond acceptors (Lipinski definition) is 4. The lowest BCUT2D eigenvalue weighted by Crippen LogP contribution is -2.05. The van der Waals surface area contributed by atoms with E-state index in [1.165, 1.54) is 29.4 Å². The zero-order chi connectivity index (χ0) is 16.4. The molecule has 0 amide bonds. The summed E-state index contributed by atoms with van der Waals surface area (Å²) in [5.41, 5.74) is 0.235. The molecule has 0 aliphatic heterocycles. The van der Waals surface area contributed by atoms with Crippen molar-refractivity contribution in [3.8, 4) is 11.4 Å². The average Bonchev–Trinajstić information content (AvgIpc) is 2.94. The van der Waals surface area contributed by atoms with Crippen LogP contribution in [0.1, 0.15) is 17.9 Å². The number of hydrogen-bond donors (Lipinski definition) is 0. The highest BCUT2D eigenvalue weighted by atomic mass is 35.5. The molecule has 0 spiro atoms. The molecule has 3 aromatic heterocycles. The Balaban J connectivity index is 2.00. The number of nitrogens with zero attached hydrogens (tertiary/aromatic N) is 5. The fourth-order valence-corrected chi connectivity index (χ4v) is 2.18. The van der Waals surface area contributed by atoms with Crippen LogP contribution in [0.3, 0.4) is 0 Å². The zero-order valence-electron chi connectivity index (χ0n) is 11.5. The van der Waals surface area contributed by atoms with Gasteiger partial charge in [0.15, 0.2) is 0 Å². The minimum Gasteiger partial charge on any atom is -0.323 e. The number of pyridine rings is 1. The molecule has 0 aliphatic carbocycles. The first-order chi connectivity index (χ1) is 11.0. The van der Waals surface area contributed by atoms with Crippen LogP contribution in [-0.2, 0) is 6.54 Å². The lowest BCUT2D eigenvalue weighted by atomic mass is 10.2. The Morgan fingerprint density at radius 2 is 1.78 bits per heavy atom. The largest absolute Gasteiger partial charge is 0.323 e. The first kappa shape index (κ1) is 15.8. The van der Waals surface area contributed by atoms with Crippen molar-refractivity contribution < 1.29 is 8.78 Å². The summed E-state index contributed by atoms with van der Waals surface area (Å²) in [5.74, 6) is 0.763. The summed E-state index contributed by atoms with van der Waals surface area (Å²) >= 11 is 11.5. The van der Waals surface area contributed by atoms with Crippen LogP contribution in [0.25, 0.3) is 11.4 Å². The third-order valence-corrected chi connectivity index (χ3v) is 3.41. The van der Waals surface area contributed by atoms with Crippen LogP contribution in [0, 0.1) is 0 Å². The monoisotopic (exact) mass is 355 g/mol. The van der Waals surface area contributed by atoms with Crippen LogP contribution in [0.2, 0.25) is 10.2 Å². The van der Waals surface area contributed by atoms with Gasteiger partial charge < -0.3 is 4.57 Å². The summed E-state index contributed by atoms with van der Waals surface area (Å²) in [6.45, 7) is 0.175. The Morgan fingerprint density at radius 3 is 2.39 bits per heavy atom. The van der Waals surface area contributed by atoms with Crippen molar-refractivity contribution in [2.45, 2.75) is 13.0 Å². The van der Waals surface area contributed by atoms with Gasteiger partial charge in [0.2, 0.25) is 0 Å². The van der Waals surface area contributed by atoms with Gasteiger partial charge in [-0.25, -0.2) is 28.7 Å². The Bertz CT molecular complexity index is 803. The molecule has 0 bridgehead atoms. The van der Waals surface area contributed by atoms with E-state index in [1.54, 1.807) is 12.1 Å². The number of rotatable bonds is 4. The molecule has 5 nitrogen and oxygen atoms in total. The van der Waals surface area contributed by atoms with E-state index in [9.17, 15) is 8.78 Å². The Kier molecular flexibility index (Phi) is 4.49. The molecule has 0 saturated carbocycles. The number of halogens is 4. The highest BCUT2D eigenvalue weighted by molar-refractivity contribution is 6.30. The van der Waals surface area contributed by atoms with Crippen LogP contribution in [0.4, 0.5) is 8.78 Å². The topological polar surface area (TPSA) is 56.5 Å². The quantitative estimate of drug-likeness (QED) is 0.663. The average molecular weight is 356 g/mol. The molecule has 0 fully saturated rings. The minimum atomic E-state index is -2.68. The maximum atomic E-state index is 13.0. The number of alkyl halides is 2. The van der Waals surface area contributed by atoms with E-state index in [4.69, 9.17) is 23.2 Å². The van der Waals surface area contributed by atoms with E-state index in [2.05, 4.69) is 19.9 Å².